The van der Waals surface area contributed by atoms with E-state index < -0.39 is 17.9 Å². The fourth-order valence-electron chi connectivity index (χ4n) is 7.65. The summed E-state index contributed by atoms with van der Waals surface area (Å²) in [7, 11) is 0. The number of piperidine rings is 2. The molecule has 3 aliphatic rings. The summed E-state index contributed by atoms with van der Waals surface area (Å²) in [5.41, 5.74) is 2.72. The van der Waals surface area contributed by atoms with Gasteiger partial charge < -0.3 is 25.1 Å². The first-order valence-corrected chi connectivity index (χ1v) is 20.1. The number of thiophene rings is 1. The van der Waals surface area contributed by atoms with E-state index in [9.17, 15) is 24.3 Å². The van der Waals surface area contributed by atoms with E-state index >= 15 is 0 Å². The van der Waals surface area contributed by atoms with Gasteiger partial charge in [-0.25, -0.2) is 9.97 Å². The maximum absolute atomic E-state index is 13.3. The molecule has 2 atom stereocenters. The molecule has 3 fully saturated rings. The molecule has 2 N–H and O–H groups in total. The van der Waals surface area contributed by atoms with E-state index in [0.29, 0.717) is 41.4 Å². The second-order valence-corrected chi connectivity index (χ2v) is 17.2. The Morgan fingerprint density at radius 1 is 0.981 bits per heavy atom. The van der Waals surface area contributed by atoms with Crippen molar-refractivity contribution in [1.29, 1.82) is 0 Å². The Kier molecular flexibility index (Phi) is 12.2. The molecule has 53 heavy (non-hydrogen) atoms. The molecular formula is C41H54N6O5S. The Labute approximate surface area is 317 Å². The molecule has 284 valence electrons. The standard InChI is InChI=1S/C41H54N6O5S/c1-5-6-7-27-14-19-47(37(49)21-27)32-15-17-45(18-16-32)33-23-42-38(43-24-33)29-10-8-28(9-11-29)20-31(22-36(48)46-25-30(26-46)40(51)52)44-39(50)34-12-13-35(53-34)41(2,3)4/h8-13,23-24,27,30-32H,5-7,14-22,25-26H2,1-4H3,(H,44,50)(H,51,52)/t27?,31-/m0/s1. The smallest absolute Gasteiger partial charge is 0.310 e. The van der Waals surface area contributed by atoms with Crippen LogP contribution in [0.2, 0.25) is 0 Å². The van der Waals surface area contributed by atoms with Gasteiger partial charge in [-0.1, -0.05) is 64.8 Å². The fourth-order valence-corrected chi connectivity index (χ4v) is 8.62. The third-order valence-electron chi connectivity index (χ3n) is 11.0. The van der Waals surface area contributed by atoms with Crippen molar-refractivity contribution in [3.63, 3.8) is 0 Å². The number of benzene rings is 1. The minimum atomic E-state index is -0.896. The lowest BCUT2D eigenvalue weighted by Crippen LogP contribution is -2.54. The quantitative estimate of drug-likeness (QED) is 0.212. The maximum atomic E-state index is 13.3. The number of hydrogen-bond acceptors (Lipinski definition) is 8. The Bertz CT molecular complexity index is 1740. The van der Waals surface area contributed by atoms with Gasteiger partial charge in [-0.3, -0.25) is 19.2 Å². The van der Waals surface area contributed by atoms with Crippen molar-refractivity contribution in [2.75, 3.05) is 37.6 Å². The highest BCUT2D eigenvalue weighted by Crippen LogP contribution is 2.31. The summed E-state index contributed by atoms with van der Waals surface area (Å²) in [6.45, 7) is 11.5. The van der Waals surface area contributed by atoms with Crippen molar-refractivity contribution in [3.8, 4) is 11.4 Å². The van der Waals surface area contributed by atoms with Crippen LogP contribution in [0.3, 0.4) is 0 Å². The van der Waals surface area contributed by atoms with Crippen LogP contribution in [-0.4, -0.2) is 93.4 Å². The first-order chi connectivity index (χ1) is 25.4. The molecule has 0 radical (unpaired) electrons. The molecule has 3 saturated heterocycles. The minimum absolute atomic E-state index is 0.0761. The number of anilines is 1. The largest absolute Gasteiger partial charge is 0.481 e. The van der Waals surface area contributed by atoms with Crippen molar-refractivity contribution in [1.82, 2.24) is 25.1 Å². The minimum Gasteiger partial charge on any atom is -0.481 e. The number of carboxylic acid groups (broad SMARTS) is 1. The Hall–Kier alpha value is -4.32. The normalized spacial score (nSPS) is 19.2. The number of aromatic nitrogens is 2. The molecule has 0 bridgehead atoms. The van der Waals surface area contributed by atoms with Crippen LogP contribution >= 0.6 is 11.3 Å². The summed E-state index contributed by atoms with van der Waals surface area (Å²) in [6, 6.07) is 11.5. The highest BCUT2D eigenvalue weighted by molar-refractivity contribution is 7.14. The van der Waals surface area contributed by atoms with E-state index in [1.807, 2.05) is 48.8 Å². The fraction of sp³-hybridized carbons (Fsp3) is 0.561. The van der Waals surface area contributed by atoms with E-state index in [4.69, 9.17) is 0 Å². The number of aliphatic carboxylic acids is 1. The van der Waals surface area contributed by atoms with Crippen molar-refractivity contribution in [3.05, 3.63) is 64.1 Å². The predicted octanol–water partition coefficient (Wildman–Crippen LogP) is 6.17. The van der Waals surface area contributed by atoms with Crippen LogP contribution in [0.5, 0.6) is 0 Å². The third kappa shape index (κ3) is 9.62. The average Bonchev–Trinajstić information content (AvgIpc) is 3.63. The zero-order chi connectivity index (χ0) is 37.7. The SMILES string of the molecule is CCCCC1CCN(C2CCN(c3cnc(-c4ccc(C[C@@H](CC(=O)N5CC(C(=O)O)C5)NC(=O)c5ccc(C(C)(C)C)s5)cc4)nc3)CC2)C(=O)C1. The van der Waals surface area contributed by atoms with Crippen LogP contribution in [0.1, 0.15) is 99.2 Å². The summed E-state index contributed by atoms with van der Waals surface area (Å²) in [5, 5.41) is 12.3. The number of unbranched alkanes of at least 4 members (excludes halogenated alkanes) is 1. The van der Waals surface area contributed by atoms with Gasteiger partial charge in [0.2, 0.25) is 11.8 Å². The number of rotatable bonds is 13. The van der Waals surface area contributed by atoms with E-state index in [0.717, 1.165) is 60.6 Å². The molecular weight excluding hydrogens is 689 g/mol. The third-order valence-corrected chi connectivity index (χ3v) is 12.5. The molecule has 1 aromatic carbocycles. The average molecular weight is 743 g/mol. The van der Waals surface area contributed by atoms with Gasteiger partial charge in [-0.15, -0.1) is 11.3 Å². The van der Waals surface area contributed by atoms with Gasteiger partial charge in [0.25, 0.3) is 5.91 Å². The lowest BCUT2D eigenvalue weighted by Gasteiger charge is -2.42. The zero-order valence-electron chi connectivity index (χ0n) is 31.6. The molecule has 5 heterocycles. The summed E-state index contributed by atoms with van der Waals surface area (Å²) >= 11 is 1.45. The predicted molar refractivity (Wildman–Crippen MR) is 207 cm³/mol. The first kappa shape index (κ1) is 38.4. The van der Waals surface area contributed by atoms with E-state index in [1.165, 1.54) is 30.6 Å². The highest BCUT2D eigenvalue weighted by Gasteiger charge is 2.37. The number of carboxylic acids is 1. The highest BCUT2D eigenvalue weighted by atomic mass is 32.1. The summed E-state index contributed by atoms with van der Waals surface area (Å²) in [6.07, 6.45) is 11.6. The zero-order valence-corrected chi connectivity index (χ0v) is 32.4. The van der Waals surface area contributed by atoms with Gasteiger partial charge in [0.05, 0.1) is 28.9 Å². The second kappa shape index (κ2) is 16.8. The van der Waals surface area contributed by atoms with Crippen molar-refractivity contribution < 1.29 is 24.3 Å². The number of hydrogen-bond donors (Lipinski definition) is 2. The number of nitrogens with zero attached hydrogens (tertiary/aromatic N) is 5. The molecule has 3 aromatic rings. The molecule has 3 aliphatic heterocycles. The van der Waals surface area contributed by atoms with Crippen molar-refractivity contribution in [2.45, 2.75) is 103 Å². The molecule has 2 aromatic heterocycles. The van der Waals surface area contributed by atoms with Gasteiger partial charge in [-0.2, -0.15) is 0 Å². The van der Waals surface area contributed by atoms with Crippen LogP contribution < -0.4 is 10.2 Å². The molecule has 1 unspecified atom stereocenters. The number of carbonyl (C=O) groups is 4. The number of likely N-dealkylation sites (tertiary alicyclic amines) is 2. The summed E-state index contributed by atoms with van der Waals surface area (Å²) in [4.78, 5) is 67.8. The number of amides is 3. The van der Waals surface area contributed by atoms with Crippen LogP contribution in [0.15, 0.2) is 48.8 Å². The lowest BCUT2D eigenvalue weighted by atomic mass is 9.89. The molecule has 3 amide bonds. The second-order valence-electron chi connectivity index (χ2n) is 16.1. The molecule has 0 aliphatic carbocycles. The van der Waals surface area contributed by atoms with Crippen molar-refractivity contribution >= 4 is 40.7 Å². The summed E-state index contributed by atoms with van der Waals surface area (Å²) < 4.78 is 0. The Morgan fingerprint density at radius 2 is 1.68 bits per heavy atom. The monoisotopic (exact) mass is 742 g/mol. The Morgan fingerprint density at radius 3 is 2.28 bits per heavy atom. The maximum Gasteiger partial charge on any atom is 0.310 e. The molecule has 6 rings (SSSR count). The molecule has 0 spiro atoms. The van der Waals surface area contributed by atoms with Gasteiger partial charge in [0, 0.05) is 68.1 Å². The van der Waals surface area contributed by atoms with E-state index in [-0.39, 0.29) is 36.7 Å². The van der Waals surface area contributed by atoms with Crippen LogP contribution in [0.25, 0.3) is 11.4 Å². The number of carbonyl (C=O) groups excluding carboxylic acids is 3. The number of nitrogens with one attached hydrogen (secondary N) is 1. The van der Waals surface area contributed by atoms with Crippen LogP contribution in [0, 0.1) is 11.8 Å². The van der Waals surface area contributed by atoms with Gasteiger partial charge in [0.15, 0.2) is 5.82 Å². The Balaban J connectivity index is 1.04. The summed E-state index contributed by atoms with van der Waals surface area (Å²) in [5.74, 6) is -0.322. The van der Waals surface area contributed by atoms with E-state index in [2.05, 4.69) is 52.8 Å². The van der Waals surface area contributed by atoms with Gasteiger partial charge in [0.1, 0.15) is 0 Å². The molecule has 11 nitrogen and oxygen atoms in total. The molecule has 0 saturated carbocycles. The van der Waals surface area contributed by atoms with Gasteiger partial charge in [-0.05, 0) is 61.1 Å². The van der Waals surface area contributed by atoms with Crippen LogP contribution in [-0.2, 0) is 26.2 Å². The topological polar surface area (TPSA) is 136 Å². The van der Waals surface area contributed by atoms with Crippen molar-refractivity contribution in [2.24, 2.45) is 11.8 Å². The molecule has 12 heteroatoms. The first-order valence-electron chi connectivity index (χ1n) is 19.3. The van der Waals surface area contributed by atoms with E-state index in [1.54, 1.807) is 4.90 Å². The van der Waals surface area contributed by atoms with Gasteiger partial charge >= 0.3 is 5.97 Å². The van der Waals surface area contributed by atoms with Crippen LogP contribution in [0.4, 0.5) is 5.69 Å². The lowest BCUT2D eigenvalue weighted by molar-refractivity contribution is -0.153.